The third-order valence-electron chi connectivity index (χ3n) is 6.58. The summed E-state index contributed by atoms with van der Waals surface area (Å²) >= 11 is 0. The predicted molar refractivity (Wildman–Crippen MR) is 96.8 cm³/mol. The van der Waals surface area contributed by atoms with E-state index >= 15 is 0 Å². The van der Waals surface area contributed by atoms with Gasteiger partial charge in [0.15, 0.2) is 0 Å². The van der Waals surface area contributed by atoms with E-state index in [0.717, 1.165) is 52.2 Å². The summed E-state index contributed by atoms with van der Waals surface area (Å²) in [5.74, 6) is 1.22. The zero-order chi connectivity index (χ0) is 16.7. The van der Waals surface area contributed by atoms with E-state index in [1.165, 1.54) is 37.1 Å². The first-order valence-electron chi connectivity index (χ1n) is 10.00. The van der Waals surface area contributed by atoms with Gasteiger partial charge in [-0.25, -0.2) is 4.98 Å². The van der Waals surface area contributed by atoms with Crippen LogP contribution in [0.2, 0.25) is 0 Å². The summed E-state index contributed by atoms with van der Waals surface area (Å²) in [5, 5.41) is 0. The number of rotatable bonds is 2. The SMILES string of the molecule is c1cnc2c(c1)CN(CC1CCC3(CCOCC3)O1)C[C@@H]1CCCN21. The number of aromatic nitrogens is 1. The Morgan fingerprint density at radius 2 is 2.12 bits per heavy atom. The maximum Gasteiger partial charge on any atom is 0.133 e. The molecule has 4 aliphatic rings. The predicted octanol–water partition coefficient (Wildman–Crippen LogP) is 2.59. The minimum atomic E-state index is 0.119. The monoisotopic (exact) mass is 343 g/mol. The highest BCUT2D eigenvalue weighted by atomic mass is 16.5. The van der Waals surface area contributed by atoms with E-state index in [-0.39, 0.29) is 5.60 Å². The van der Waals surface area contributed by atoms with Crippen LogP contribution < -0.4 is 4.90 Å². The molecule has 5 nitrogen and oxygen atoms in total. The maximum atomic E-state index is 6.58. The first-order valence-corrected chi connectivity index (χ1v) is 10.00. The summed E-state index contributed by atoms with van der Waals surface area (Å²) in [7, 11) is 0. The molecule has 1 unspecified atom stereocenters. The molecule has 1 aromatic rings. The van der Waals surface area contributed by atoms with Crippen molar-refractivity contribution in [3.05, 3.63) is 23.9 Å². The second-order valence-electron chi connectivity index (χ2n) is 8.24. The van der Waals surface area contributed by atoms with Crippen molar-refractivity contribution in [2.75, 3.05) is 37.7 Å². The van der Waals surface area contributed by atoms with Gasteiger partial charge in [-0.05, 0) is 44.6 Å². The highest BCUT2D eigenvalue weighted by Crippen LogP contribution is 2.39. The lowest BCUT2D eigenvalue weighted by atomic mass is 9.91. The summed E-state index contributed by atoms with van der Waals surface area (Å²) in [4.78, 5) is 9.88. The lowest BCUT2D eigenvalue weighted by molar-refractivity contribution is -0.108. The first-order chi connectivity index (χ1) is 12.3. The molecule has 5 heteroatoms. The van der Waals surface area contributed by atoms with Gasteiger partial charge in [-0.2, -0.15) is 0 Å². The molecule has 0 aromatic carbocycles. The minimum absolute atomic E-state index is 0.119. The number of ether oxygens (including phenoxy) is 2. The fourth-order valence-electron chi connectivity index (χ4n) is 5.28. The second-order valence-corrected chi connectivity index (χ2v) is 8.24. The fraction of sp³-hybridized carbons (Fsp3) is 0.750. The second kappa shape index (κ2) is 6.53. The number of pyridine rings is 1. The molecule has 0 amide bonds. The number of fused-ring (bicyclic) bond motifs is 3. The smallest absolute Gasteiger partial charge is 0.133 e. The van der Waals surface area contributed by atoms with Crippen LogP contribution in [0.1, 0.15) is 44.1 Å². The third kappa shape index (κ3) is 3.07. The van der Waals surface area contributed by atoms with E-state index in [1.807, 2.05) is 6.20 Å². The molecule has 1 aromatic heterocycles. The Morgan fingerprint density at radius 3 is 3.04 bits per heavy atom. The molecule has 3 fully saturated rings. The molecule has 136 valence electrons. The van der Waals surface area contributed by atoms with Gasteiger partial charge in [0.05, 0.1) is 11.7 Å². The van der Waals surface area contributed by atoms with E-state index < -0.39 is 0 Å². The molecule has 5 heterocycles. The molecule has 2 atom stereocenters. The summed E-state index contributed by atoms with van der Waals surface area (Å²) in [6, 6.07) is 4.96. The van der Waals surface area contributed by atoms with Crippen molar-refractivity contribution in [3.8, 4) is 0 Å². The minimum Gasteiger partial charge on any atom is -0.381 e. The van der Waals surface area contributed by atoms with E-state index in [0.29, 0.717) is 12.1 Å². The van der Waals surface area contributed by atoms with Gasteiger partial charge in [0.2, 0.25) is 0 Å². The maximum absolute atomic E-state index is 6.58. The molecule has 0 bridgehead atoms. The largest absolute Gasteiger partial charge is 0.381 e. The van der Waals surface area contributed by atoms with Crippen LogP contribution in [0.4, 0.5) is 5.82 Å². The first kappa shape index (κ1) is 16.0. The number of anilines is 1. The zero-order valence-electron chi connectivity index (χ0n) is 15.0. The molecule has 0 saturated carbocycles. The highest BCUT2D eigenvalue weighted by molar-refractivity contribution is 5.49. The normalized spacial score (nSPS) is 31.8. The Hall–Kier alpha value is -1.17. The van der Waals surface area contributed by atoms with E-state index in [9.17, 15) is 0 Å². The van der Waals surface area contributed by atoms with Crippen LogP contribution in [0.25, 0.3) is 0 Å². The molecule has 5 rings (SSSR count). The van der Waals surface area contributed by atoms with E-state index in [2.05, 4.69) is 21.9 Å². The number of nitrogens with zero attached hydrogens (tertiary/aromatic N) is 3. The molecule has 0 N–H and O–H groups in total. The van der Waals surface area contributed by atoms with Crippen molar-refractivity contribution in [3.63, 3.8) is 0 Å². The van der Waals surface area contributed by atoms with Crippen LogP contribution in [0, 0.1) is 0 Å². The Bertz CT molecular complexity index is 617. The van der Waals surface area contributed by atoms with Crippen LogP contribution in [0.15, 0.2) is 18.3 Å². The van der Waals surface area contributed by atoms with Crippen LogP contribution in [0.3, 0.4) is 0 Å². The van der Waals surface area contributed by atoms with Crippen molar-refractivity contribution in [1.82, 2.24) is 9.88 Å². The molecule has 0 aliphatic carbocycles. The van der Waals surface area contributed by atoms with Crippen molar-refractivity contribution in [1.29, 1.82) is 0 Å². The lowest BCUT2D eigenvalue weighted by Gasteiger charge is -2.34. The highest BCUT2D eigenvalue weighted by Gasteiger charge is 2.42. The lowest BCUT2D eigenvalue weighted by Crippen LogP contribution is -2.42. The van der Waals surface area contributed by atoms with Crippen molar-refractivity contribution in [2.24, 2.45) is 0 Å². The zero-order valence-corrected chi connectivity index (χ0v) is 15.0. The average Bonchev–Trinajstić information content (AvgIpc) is 3.20. The third-order valence-corrected chi connectivity index (χ3v) is 6.58. The Morgan fingerprint density at radius 1 is 1.20 bits per heavy atom. The van der Waals surface area contributed by atoms with Gasteiger partial charge in [0.25, 0.3) is 0 Å². The van der Waals surface area contributed by atoms with Gasteiger partial charge in [0.1, 0.15) is 5.82 Å². The van der Waals surface area contributed by atoms with E-state index in [4.69, 9.17) is 14.5 Å². The van der Waals surface area contributed by atoms with Crippen LogP contribution in [0.5, 0.6) is 0 Å². The standard InChI is InChI=1S/C20H29N3O2/c1-3-16-13-22(14-17-4-2-10-23(17)19(16)21-9-1)15-18-5-6-20(25-18)7-11-24-12-8-20/h1,3,9,17-18H,2,4-8,10-15H2/t17-,18?/m0/s1. The average molecular weight is 343 g/mol. The molecule has 3 saturated heterocycles. The molecular weight excluding hydrogens is 314 g/mol. The van der Waals surface area contributed by atoms with Crippen LogP contribution in [-0.2, 0) is 16.0 Å². The Labute approximate surface area is 150 Å². The van der Waals surface area contributed by atoms with Gasteiger partial charge in [-0.3, -0.25) is 4.90 Å². The number of hydrogen-bond donors (Lipinski definition) is 0. The summed E-state index contributed by atoms with van der Waals surface area (Å²) < 4.78 is 12.1. The van der Waals surface area contributed by atoms with Crippen LogP contribution in [-0.4, -0.2) is 60.5 Å². The fourth-order valence-corrected chi connectivity index (χ4v) is 5.28. The van der Waals surface area contributed by atoms with Crippen LogP contribution >= 0.6 is 0 Å². The molecule has 25 heavy (non-hydrogen) atoms. The summed E-state index contributed by atoms with van der Waals surface area (Å²) in [5.41, 5.74) is 1.50. The Balaban J connectivity index is 1.30. The van der Waals surface area contributed by atoms with Gasteiger partial charge in [-0.1, -0.05) is 6.07 Å². The van der Waals surface area contributed by atoms with Gasteiger partial charge < -0.3 is 14.4 Å². The van der Waals surface area contributed by atoms with E-state index in [1.54, 1.807) is 0 Å². The molecular formula is C20H29N3O2. The van der Waals surface area contributed by atoms with Crippen molar-refractivity contribution >= 4 is 5.82 Å². The quantitative estimate of drug-likeness (QED) is 0.825. The van der Waals surface area contributed by atoms with Gasteiger partial charge in [-0.15, -0.1) is 0 Å². The van der Waals surface area contributed by atoms with Gasteiger partial charge in [0, 0.05) is 57.2 Å². The van der Waals surface area contributed by atoms with Crippen molar-refractivity contribution in [2.45, 2.75) is 62.8 Å². The molecule has 4 aliphatic heterocycles. The summed E-state index contributed by atoms with van der Waals surface area (Å²) in [6.45, 7) is 6.10. The molecule has 1 spiro atoms. The molecule has 0 radical (unpaired) electrons. The summed E-state index contributed by atoms with van der Waals surface area (Å²) in [6.07, 6.45) is 9.47. The Kier molecular flexibility index (Phi) is 4.19. The number of hydrogen-bond acceptors (Lipinski definition) is 5. The topological polar surface area (TPSA) is 37.8 Å². The van der Waals surface area contributed by atoms with Gasteiger partial charge >= 0.3 is 0 Å². The van der Waals surface area contributed by atoms with Crippen molar-refractivity contribution < 1.29 is 9.47 Å².